The SMILES string of the molecule is N[C@H]1CCC[C@@H](c2n[nH]c(Cc3c(Cl)cccc3Cl)n2)C1. The van der Waals surface area contributed by atoms with Gasteiger partial charge in [-0.25, -0.2) is 4.98 Å². The molecule has 0 saturated heterocycles. The Kier molecular flexibility index (Phi) is 4.48. The molecule has 4 nitrogen and oxygen atoms in total. The summed E-state index contributed by atoms with van der Waals surface area (Å²) in [5.41, 5.74) is 6.91. The molecule has 3 rings (SSSR count). The second kappa shape index (κ2) is 6.34. The molecule has 2 aromatic rings. The van der Waals surface area contributed by atoms with Crippen LogP contribution in [0.25, 0.3) is 0 Å². The number of halogens is 2. The minimum Gasteiger partial charge on any atom is -0.328 e. The van der Waals surface area contributed by atoms with E-state index in [-0.39, 0.29) is 6.04 Å². The number of benzene rings is 1. The van der Waals surface area contributed by atoms with Gasteiger partial charge in [-0.1, -0.05) is 35.7 Å². The number of nitrogens with zero attached hydrogens (tertiary/aromatic N) is 2. The second-order valence-corrected chi connectivity index (χ2v) is 6.46. The van der Waals surface area contributed by atoms with E-state index in [9.17, 15) is 0 Å². The van der Waals surface area contributed by atoms with Crippen molar-refractivity contribution in [3.8, 4) is 0 Å². The Morgan fingerprint density at radius 2 is 2.00 bits per heavy atom. The summed E-state index contributed by atoms with van der Waals surface area (Å²) in [4.78, 5) is 4.61. The fourth-order valence-electron chi connectivity index (χ4n) is 2.90. The molecule has 1 saturated carbocycles. The molecule has 0 spiro atoms. The zero-order valence-corrected chi connectivity index (χ0v) is 13.2. The molecule has 0 radical (unpaired) electrons. The van der Waals surface area contributed by atoms with Gasteiger partial charge in [-0.05, 0) is 37.0 Å². The van der Waals surface area contributed by atoms with Gasteiger partial charge < -0.3 is 5.73 Å². The number of nitrogens with one attached hydrogen (secondary N) is 1. The summed E-state index contributed by atoms with van der Waals surface area (Å²) in [7, 11) is 0. The van der Waals surface area contributed by atoms with E-state index in [1.54, 1.807) is 0 Å². The fraction of sp³-hybridized carbons (Fsp3) is 0.467. The molecular weight excluding hydrogens is 307 g/mol. The minimum atomic E-state index is 0.267. The molecule has 1 aliphatic carbocycles. The Hall–Kier alpha value is -1.10. The van der Waals surface area contributed by atoms with Crippen molar-refractivity contribution in [1.82, 2.24) is 15.2 Å². The molecule has 2 atom stereocenters. The normalized spacial score (nSPS) is 22.4. The van der Waals surface area contributed by atoms with Gasteiger partial charge in [-0.3, -0.25) is 5.10 Å². The Morgan fingerprint density at radius 3 is 2.71 bits per heavy atom. The Morgan fingerprint density at radius 1 is 1.24 bits per heavy atom. The molecule has 1 aromatic carbocycles. The minimum absolute atomic E-state index is 0.267. The number of hydrogen-bond donors (Lipinski definition) is 2. The second-order valence-electron chi connectivity index (χ2n) is 5.64. The smallest absolute Gasteiger partial charge is 0.153 e. The first-order valence-corrected chi connectivity index (χ1v) is 7.98. The van der Waals surface area contributed by atoms with Gasteiger partial charge in [0.15, 0.2) is 5.82 Å². The molecule has 0 aliphatic heterocycles. The number of aromatic amines is 1. The summed E-state index contributed by atoms with van der Waals surface area (Å²) >= 11 is 12.4. The summed E-state index contributed by atoms with van der Waals surface area (Å²) in [5.74, 6) is 2.02. The molecule has 3 N–H and O–H groups in total. The predicted octanol–water partition coefficient (Wildman–Crippen LogP) is 3.69. The van der Waals surface area contributed by atoms with Crippen LogP contribution in [0.15, 0.2) is 18.2 Å². The molecule has 112 valence electrons. The van der Waals surface area contributed by atoms with Gasteiger partial charge in [-0.2, -0.15) is 5.10 Å². The third-order valence-electron chi connectivity index (χ3n) is 4.03. The van der Waals surface area contributed by atoms with E-state index in [0.717, 1.165) is 42.9 Å². The average Bonchev–Trinajstić information content (AvgIpc) is 2.92. The Labute approximate surface area is 134 Å². The van der Waals surface area contributed by atoms with Crippen LogP contribution in [-0.4, -0.2) is 21.2 Å². The third kappa shape index (κ3) is 3.39. The molecule has 1 heterocycles. The standard InChI is InChI=1S/C15H18Cl2N4/c16-12-5-2-6-13(17)11(12)8-14-19-15(21-20-14)9-3-1-4-10(18)7-9/h2,5-6,9-10H,1,3-4,7-8,18H2,(H,19,20,21)/t9-,10+/m1/s1. The highest BCUT2D eigenvalue weighted by Gasteiger charge is 2.24. The van der Waals surface area contributed by atoms with Gasteiger partial charge >= 0.3 is 0 Å². The van der Waals surface area contributed by atoms with Crippen molar-refractivity contribution in [3.63, 3.8) is 0 Å². The summed E-state index contributed by atoms with van der Waals surface area (Å²) in [5, 5.41) is 8.66. The molecule has 0 bridgehead atoms. The van der Waals surface area contributed by atoms with E-state index in [1.165, 1.54) is 0 Å². The summed E-state index contributed by atoms with van der Waals surface area (Å²) in [6, 6.07) is 5.77. The van der Waals surface area contributed by atoms with Crippen LogP contribution in [0, 0.1) is 0 Å². The van der Waals surface area contributed by atoms with Crippen LogP contribution in [0.2, 0.25) is 10.0 Å². The van der Waals surface area contributed by atoms with Gasteiger partial charge in [0.05, 0.1) is 0 Å². The quantitative estimate of drug-likeness (QED) is 0.904. The highest BCUT2D eigenvalue weighted by Crippen LogP contribution is 2.31. The van der Waals surface area contributed by atoms with Crippen molar-refractivity contribution >= 4 is 23.2 Å². The molecule has 21 heavy (non-hydrogen) atoms. The number of nitrogens with two attached hydrogens (primary N) is 1. The van der Waals surface area contributed by atoms with Crippen LogP contribution < -0.4 is 5.73 Å². The molecular formula is C15H18Cl2N4. The maximum atomic E-state index is 6.19. The van der Waals surface area contributed by atoms with Crippen LogP contribution in [0.4, 0.5) is 0 Å². The van der Waals surface area contributed by atoms with Crippen LogP contribution in [0.1, 0.15) is 48.8 Å². The molecule has 1 fully saturated rings. The lowest BCUT2D eigenvalue weighted by molar-refractivity contribution is 0.382. The Balaban J connectivity index is 1.76. The van der Waals surface area contributed by atoms with E-state index < -0.39 is 0 Å². The van der Waals surface area contributed by atoms with Crippen molar-refractivity contribution in [2.24, 2.45) is 5.73 Å². The molecule has 0 unspecified atom stereocenters. The van der Waals surface area contributed by atoms with Crippen molar-refractivity contribution in [2.75, 3.05) is 0 Å². The number of rotatable bonds is 3. The summed E-state index contributed by atoms with van der Waals surface area (Å²) in [6.45, 7) is 0. The molecule has 0 amide bonds. The zero-order valence-electron chi connectivity index (χ0n) is 11.6. The van der Waals surface area contributed by atoms with Crippen molar-refractivity contribution < 1.29 is 0 Å². The Bertz CT molecular complexity index is 606. The first kappa shape index (κ1) is 14.8. The lowest BCUT2D eigenvalue weighted by Crippen LogP contribution is -2.27. The largest absolute Gasteiger partial charge is 0.328 e. The van der Waals surface area contributed by atoms with Gasteiger partial charge in [0.25, 0.3) is 0 Å². The van der Waals surface area contributed by atoms with E-state index in [1.807, 2.05) is 18.2 Å². The van der Waals surface area contributed by atoms with E-state index in [4.69, 9.17) is 28.9 Å². The fourth-order valence-corrected chi connectivity index (χ4v) is 3.43. The van der Waals surface area contributed by atoms with Gasteiger partial charge in [-0.15, -0.1) is 0 Å². The van der Waals surface area contributed by atoms with Crippen LogP contribution >= 0.6 is 23.2 Å². The van der Waals surface area contributed by atoms with Crippen molar-refractivity contribution in [3.05, 3.63) is 45.5 Å². The topological polar surface area (TPSA) is 67.6 Å². The highest BCUT2D eigenvalue weighted by atomic mass is 35.5. The monoisotopic (exact) mass is 324 g/mol. The first-order valence-electron chi connectivity index (χ1n) is 7.23. The summed E-state index contributed by atoms with van der Waals surface area (Å²) in [6.07, 6.45) is 4.88. The van der Waals surface area contributed by atoms with Gasteiger partial charge in [0, 0.05) is 28.4 Å². The predicted molar refractivity (Wildman–Crippen MR) is 84.8 cm³/mol. The van der Waals surface area contributed by atoms with Gasteiger partial charge in [0.1, 0.15) is 5.82 Å². The third-order valence-corrected chi connectivity index (χ3v) is 4.74. The van der Waals surface area contributed by atoms with Crippen LogP contribution in [0.3, 0.4) is 0 Å². The number of H-pyrrole nitrogens is 1. The molecule has 6 heteroatoms. The van der Waals surface area contributed by atoms with Crippen molar-refractivity contribution in [1.29, 1.82) is 0 Å². The van der Waals surface area contributed by atoms with Crippen LogP contribution in [0.5, 0.6) is 0 Å². The summed E-state index contributed by atoms with van der Waals surface area (Å²) < 4.78 is 0. The number of aromatic nitrogens is 3. The van der Waals surface area contributed by atoms with E-state index in [2.05, 4.69) is 15.2 Å². The zero-order chi connectivity index (χ0) is 14.8. The number of hydrogen-bond acceptors (Lipinski definition) is 3. The first-order chi connectivity index (χ1) is 10.1. The van der Waals surface area contributed by atoms with E-state index in [0.29, 0.717) is 22.4 Å². The lowest BCUT2D eigenvalue weighted by atomic mass is 9.86. The molecule has 1 aromatic heterocycles. The molecule has 1 aliphatic rings. The lowest BCUT2D eigenvalue weighted by Gasteiger charge is -2.24. The highest BCUT2D eigenvalue weighted by molar-refractivity contribution is 6.36. The van der Waals surface area contributed by atoms with E-state index >= 15 is 0 Å². The van der Waals surface area contributed by atoms with Crippen molar-refractivity contribution in [2.45, 2.75) is 44.1 Å². The maximum absolute atomic E-state index is 6.19. The van der Waals surface area contributed by atoms with Crippen LogP contribution in [-0.2, 0) is 6.42 Å². The average molecular weight is 325 g/mol. The van der Waals surface area contributed by atoms with Gasteiger partial charge in [0.2, 0.25) is 0 Å². The maximum Gasteiger partial charge on any atom is 0.153 e.